The average Bonchev–Trinajstić information content (AvgIpc) is 2.79. The van der Waals surface area contributed by atoms with E-state index < -0.39 is 0 Å². The van der Waals surface area contributed by atoms with E-state index in [0.717, 1.165) is 4.88 Å². The van der Waals surface area contributed by atoms with Crippen molar-refractivity contribution in [1.82, 2.24) is 5.32 Å². The maximum Gasteiger partial charge on any atom is 0.255 e. The Balaban J connectivity index is 2.01. The Labute approximate surface area is 97.4 Å². The van der Waals surface area contributed by atoms with Gasteiger partial charge in [0.25, 0.3) is 5.91 Å². The maximum atomic E-state index is 11.7. The highest BCUT2D eigenvalue weighted by molar-refractivity contribution is 7.09. The van der Waals surface area contributed by atoms with Gasteiger partial charge in [-0.25, -0.2) is 0 Å². The molecule has 0 spiro atoms. The van der Waals surface area contributed by atoms with Gasteiger partial charge in [-0.1, -0.05) is 18.2 Å². The molecule has 0 bridgehead atoms. The number of hydrogen-bond acceptors (Lipinski definition) is 3. The fourth-order valence-electron chi connectivity index (χ4n) is 1.34. The summed E-state index contributed by atoms with van der Waals surface area (Å²) in [5, 5.41) is 14.2. The van der Waals surface area contributed by atoms with Crippen molar-refractivity contribution in [3.8, 4) is 5.75 Å². The zero-order chi connectivity index (χ0) is 11.4. The minimum atomic E-state index is -0.258. The SMILES string of the molecule is O=C(NCc1cccs1)c1ccccc1O. The summed E-state index contributed by atoms with van der Waals surface area (Å²) in [7, 11) is 0. The van der Waals surface area contributed by atoms with E-state index in [-0.39, 0.29) is 11.7 Å². The van der Waals surface area contributed by atoms with Crippen LogP contribution in [0.2, 0.25) is 0 Å². The Morgan fingerprint density at radius 1 is 1.25 bits per heavy atom. The fourth-order valence-corrected chi connectivity index (χ4v) is 1.99. The lowest BCUT2D eigenvalue weighted by Crippen LogP contribution is -2.22. The van der Waals surface area contributed by atoms with Crippen LogP contribution < -0.4 is 5.32 Å². The lowest BCUT2D eigenvalue weighted by atomic mass is 10.2. The summed E-state index contributed by atoms with van der Waals surface area (Å²) in [5.74, 6) is -0.252. The van der Waals surface area contributed by atoms with Gasteiger partial charge in [-0.15, -0.1) is 11.3 Å². The van der Waals surface area contributed by atoms with Crippen molar-refractivity contribution in [2.24, 2.45) is 0 Å². The third-order valence-electron chi connectivity index (χ3n) is 2.15. The molecule has 0 saturated heterocycles. The van der Waals surface area contributed by atoms with Crippen molar-refractivity contribution in [2.75, 3.05) is 0 Å². The first-order valence-electron chi connectivity index (χ1n) is 4.86. The first kappa shape index (κ1) is 10.7. The third-order valence-corrected chi connectivity index (χ3v) is 3.03. The molecule has 3 nitrogen and oxygen atoms in total. The smallest absolute Gasteiger partial charge is 0.255 e. The normalized spacial score (nSPS) is 10.0. The topological polar surface area (TPSA) is 49.3 Å². The van der Waals surface area contributed by atoms with E-state index >= 15 is 0 Å². The van der Waals surface area contributed by atoms with E-state index in [1.807, 2.05) is 17.5 Å². The van der Waals surface area contributed by atoms with Crippen LogP contribution in [0.15, 0.2) is 41.8 Å². The second-order valence-electron chi connectivity index (χ2n) is 3.28. The minimum Gasteiger partial charge on any atom is -0.507 e. The van der Waals surface area contributed by atoms with Crippen LogP contribution in [0.4, 0.5) is 0 Å². The highest BCUT2D eigenvalue weighted by atomic mass is 32.1. The monoisotopic (exact) mass is 233 g/mol. The summed E-state index contributed by atoms with van der Waals surface area (Å²) >= 11 is 1.59. The number of rotatable bonds is 3. The van der Waals surface area contributed by atoms with Gasteiger partial charge < -0.3 is 10.4 Å². The average molecular weight is 233 g/mol. The molecular formula is C12H11NO2S. The molecule has 2 rings (SSSR count). The van der Waals surface area contributed by atoms with Crippen LogP contribution in [0.3, 0.4) is 0 Å². The van der Waals surface area contributed by atoms with Crippen LogP contribution in [0.1, 0.15) is 15.2 Å². The highest BCUT2D eigenvalue weighted by Gasteiger charge is 2.09. The number of para-hydroxylation sites is 1. The van der Waals surface area contributed by atoms with Gasteiger partial charge in [0.15, 0.2) is 0 Å². The summed E-state index contributed by atoms with van der Waals surface area (Å²) in [6.07, 6.45) is 0. The van der Waals surface area contributed by atoms with Crippen molar-refractivity contribution in [3.05, 3.63) is 52.2 Å². The highest BCUT2D eigenvalue weighted by Crippen LogP contribution is 2.15. The number of carbonyl (C=O) groups is 1. The Morgan fingerprint density at radius 3 is 2.75 bits per heavy atom. The Bertz CT molecular complexity index is 480. The van der Waals surface area contributed by atoms with Gasteiger partial charge in [-0.3, -0.25) is 4.79 Å². The summed E-state index contributed by atoms with van der Waals surface area (Å²) < 4.78 is 0. The molecule has 0 aliphatic heterocycles. The predicted molar refractivity (Wildman–Crippen MR) is 63.6 cm³/mol. The van der Waals surface area contributed by atoms with Crippen molar-refractivity contribution in [3.63, 3.8) is 0 Å². The van der Waals surface area contributed by atoms with Crippen molar-refractivity contribution < 1.29 is 9.90 Å². The molecule has 1 heterocycles. The number of hydrogen-bond donors (Lipinski definition) is 2. The predicted octanol–water partition coefficient (Wildman–Crippen LogP) is 2.38. The molecule has 1 amide bonds. The molecule has 0 unspecified atom stereocenters. The number of phenols is 1. The zero-order valence-corrected chi connectivity index (χ0v) is 9.33. The molecule has 82 valence electrons. The number of thiophene rings is 1. The van der Waals surface area contributed by atoms with Gasteiger partial charge in [0.05, 0.1) is 12.1 Å². The van der Waals surface area contributed by atoms with Crippen LogP contribution in [-0.2, 0) is 6.54 Å². The van der Waals surface area contributed by atoms with Crippen LogP contribution >= 0.6 is 11.3 Å². The summed E-state index contributed by atoms with van der Waals surface area (Å²) in [6.45, 7) is 0.491. The second kappa shape index (κ2) is 4.81. The van der Waals surface area contributed by atoms with Crippen LogP contribution in [0.5, 0.6) is 5.75 Å². The molecule has 4 heteroatoms. The number of phenolic OH excluding ortho intramolecular Hbond substituents is 1. The Kier molecular flexibility index (Phi) is 3.22. The van der Waals surface area contributed by atoms with Crippen LogP contribution in [0, 0.1) is 0 Å². The molecule has 1 aromatic heterocycles. The molecule has 0 radical (unpaired) electrons. The van der Waals surface area contributed by atoms with Gasteiger partial charge >= 0.3 is 0 Å². The third kappa shape index (κ3) is 2.41. The van der Waals surface area contributed by atoms with Gasteiger partial charge in [-0.2, -0.15) is 0 Å². The van der Waals surface area contributed by atoms with Crippen molar-refractivity contribution >= 4 is 17.2 Å². The number of carbonyl (C=O) groups excluding carboxylic acids is 1. The summed E-state index contributed by atoms with van der Waals surface area (Å²) in [5.41, 5.74) is 0.305. The molecular weight excluding hydrogens is 222 g/mol. The number of benzene rings is 1. The van der Waals surface area contributed by atoms with Gasteiger partial charge in [-0.05, 0) is 23.6 Å². The van der Waals surface area contributed by atoms with Crippen LogP contribution in [-0.4, -0.2) is 11.0 Å². The Morgan fingerprint density at radius 2 is 2.06 bits per heavy atom. The largest absolute Gasteiger partial charge is 0.507 e. The van der Waals surface area contributed by atoms with E-state index in [1.54, 1.807) is 29.5 Å². The van der Waals surface area contributed by atoms with Gasteiger partial charge in [0.2, 0.25) is 0 Å². The maximum absolute atomic E-state index is 11.7. The van der Waals surface area contributed by atoms with Crippen LogP contribution in [0.25, 0.3) is 0 Å². The fraction of sp³-hybridized carbons (Fsp3) is 0.0833. The molecule has 1 aromatic carbocycles. The number of aromatic hydroxyl groups is 1. The number of nitrogens with one attached hydrogen (secondary N) is 1. The molecule has 2 N–H and O–H groups in total. The molecule has 0 aliphatic rings. The standard InChI is InChI=1S/C12H11NO2S/c14-11-6-2-1-5-10(11)12(15)13-8-9-4-3-7-16-9/h1-7,14H,8H2,(H,13,15). The molecule has 2 aromatic rings. The zero-order valence-electron chi connectivity index (χ0n) is 8.51. The molecule has 0 fully saturated rings. The van der Waals surface area contributed by atoms with E-state index in [9.17, 15) is 9.90 Å². The molecule has 0 atom stereocenters. The first-order valence-corrected chi connectivity index (χ1v) is 5.74. The van der Waals surface area contributed by atoms with E-state index in [4.69, 9.17) is 0 Å². The molecule has 0 aliphatic carbocycles. The lowest BCUT2D eigenvalue weighted by Gasteiger charge is -2.05. The first-order chi connectivity index (χ1) is 7.77. The summed E-state index contributed by atoms with van der Waals surface area (Å²) in [4.78, 5) is 12.8. The van der Waals surface area contributed by atoms with E-state index in [2.05, 4.69) is 5.32 Å². The molecule has 0 saturated carbocycles. The summed E-state index contributed by atoms with van der Waals surface area (Å²) in [6, 6.07) is 10.4. The van der Waals surface area contributed by atoms with Crippen molar-refractivity contribution in [1.29, 1.82) is 0 Å². The van der Waals surface area contributed by atoms with Crippen molar-refractivity contribution in [2.45, 2.75) is 6.54 Å². The minimum absolute atomic E-state index is 0.00572. The van der Waals surface area contributed by atoms with E-state index in [0.29, 0.717) is 12.1 Å². The Hall–Kier alpha value is -1.81. The molecule has 16 heavy (non-hydrogen) atoms. The van der Waals surface area contributed by atoms with E-state index in [1.165, 1.54) is 6.07 Å². The second-order valence-corrected chi connectivity index (χ2v) is 4.31. The lowest BCUT2D eigenvalue weighted by molar-refractivity contribution is 0.0948. The van der Waals surface area contributed by atoms with Gasteiger partial charge in [0, 0.05) is 4.88 Å². The number of amides is 1. The van der Waals surface area contributed by atoms with Gasteiger partial charge in [0.1, 0.15) is 5.75 Å². The quantitative estimate of drug-likeness (QED) is 0.855.